The van der Waals surface area contributed by atoms with Crippen LogP contribution in [0, 0.1) is 11.3 Å². The van der Waals surface area contributed by atoms with Crippen LogP contribution in [0.1, 0.15) is 35.7 Å². The molecule has 0 bridgehead atoms. The quantitative estimate of drug-likeness (QED) is 0.775. The van der Waals surface area contributed by atoms with E-state index in [2.05, 4.69) is 9.97 Å². The summed E-state index contributed by atoms with van der Waals surface area (Å²) in [6.45, 7) is 1.85. The normalized spacial score (nSPS) is 18.5. The van der Waals surface area contributed by atoms with Crippen LogP contribution in [-0.2, 0) is 4.74 Å². The standard InChI is InChI=1S/C18H18N4O4/c1-2-25-18(24)14-15(20)21-16(11-5-3-4-10(6-11)9-19)22-17(14)26-13-7-12(23)8-13/h3-6,12-13,23H,2,7-8H2,1H3,(H2,20,21,22). The van der Waals surface area contributed by atoms with Crippen molar-refractivity contribution >= 4 is 11.8 Å². The van der Waals surface area contributed by atoms with Crippen molar-refractivity contribution in [2.45, 2.75) is 32.0 Å². The Balaban J connectivity index is 2.03. The number of ether oxygens (including phenoxy) is 2. The first-order chi connectivity index (χ1) is 12.5. The molecule has 0 saturated heterocycles. The molecule has 0 radical (unpaired) electrons. The Morgan fingerprint density at radius 3 is 2.85 bits per heavy atom. The minimum Gasteiger partial charge on any atom is -0.473 e. The van der Waals surface area contributed by atoms with Gasteiger partial charge < -0.3 is 20.3 Å². The summed E-state index contributed by atoms with van der Waals surface area (Å²) in [6, 6.07) is 8.77. The van der Waals surface area contributed by atoms with Crippen molar-refractivity contribution in [1.29, 1.82) is 5.26 Å². The Morgan fingerprint density at radius 1 is 1.42 bits per heavy atom. The maximum Gasteiger partial charge on any atom is 0.347 e. The summed E-state index contributed by atoms with van der Waals surface area (Å²) >= 11 is 0. The molecule has 1 heterocycles. The molecule has 8 nitrogen and oxygen atoms in total. The van der Waals surface area contributed by atoms with Gasteiger partial charge in [0.15, 0.2) is 11.4 Å². The highest BCUT2D eigenvalue weighted by atomic mass is 16.5. The lowest BCUT2D eigenvalue weighted by Gasteiger charge is -2.31. The van der Waals surface area contributed by atoms with E-state index in [1.165, 1.54) is 0 Å². The van der Waals surface area contributed by atoms with E-state index in [9.17, 15) is 9.90 Å². The number of carbonyl (C=O) groups excluding carboxylic acids is 1. The van der Waals surface area contributed by atoms with Crippen molar-refractivity contribution in [2.24, 2.45) is 0 Å². The molecular weight excluding hydrogens is 336 g/mol. The number of nitriles is 1. The first-order valence-electron chi connectivity index (χ1n) is 8.21. The van der Waals surface area contributed by atoms with E-state index < -0.39 is 12.1 Å². The molecule has 26 heavy (non-hydrogen) atoms. The van der Waals surface area contributed by atoms with Crippen molar-refractivity contribution in [1.82, 2.24) is 9.97 Å². The summed E-state index contributed by atoms with van der Waals surface area (Å²) in [6.07, 6.45) is 0.222. The lowest BCUT2D eigenvalue weighted by molar-refractivity contribution is -0.0134. The zero-order valence-corrected chi connectivity index (χ0v) is 14.2. The fourth-order valence-corrected chi connectivity index (χ4v) is 2.59. The minimum absolute atomic E-state index is 0.0187. The second kappa shape index (κ2) is 7.37. The highest BCUT2D eigenvalue weighted by Crippen LogP contribution is 2.31. The molecule has 0 aliphatic heterocycles. The molecule has 1 fully saturated rings. The van der Waals surface area contributed by atoms with Gasteiger partial charge in [0.25, 0.3) is 0 Å². The van der Waals surface area contributed by atoms with Crippen LogP contribution in [0.2, 0.25) is 0 Å². The highest BCUT2D eigenvalue weighted by Gasteiger charge is 2.32. The summed E-state index contributed by atoms with van der Waals surface area (Å²) in [5.74, 6) is -0.476. The summed E-state index contributed by atoms with van der Waals surface area (Å²) in [5.41, 5.74) is 6.97. The summed E-state index contributed by atoms with van der Waals surface area (Å²) in [5, 5.41) is 18.5. The van der Waals surface area contributed by atoms with Gasteiger partial charge in [-0.3, -0.25) is 0 Å². The predicted molar refractivity (Wildman–Crippen MR) is 92.2 cm³/mol. The predicted octanol–water partition coefficient (Wildman–Crippen LogP) is 1.68. The number of nitrogen functional groups attached to an aromatic ring is 1. The number of hydrogen-bond donors (Lipinski definition) is 2. The number of nitrogens with zero attached hydrogens (tertiary/aromatic N) is 3. The molecule has 3 N–H and O–H groups in total. The SMILES string of the molecule is CCOC(=O)c1c(N)nc(-c2cccc(C#N)c2)nc1OC1CC(O)C1. The topological polar surface area (TPSA) is 131 Å². The van der Waals surface area contributed by atoms with Crippen LogP contribution >= 0.6 is 0 Å². The molecule has 0 amide bonds. The van der Waals surface area contributed by atoms with Crippen LogP contribution in [-0.4, -0.2) is 39.9 Å². The monoisotopic (exact) mass is 354 g/mol. The third-order valence-corrected chi connectivity index (χ3v) is 3.98. The second-order valence-electron chi connectivity index (χ2n) is 5.89. The van der Waals surface area contributed by atoms with E-state index in [1.807, 2.05) is 6.07 Å². The minimum atomic E-state index is -0.669. The molecule has 1 aromatic carbocycles. The number of benzene rings is 1. The molecule has 1 aliphatic rings. The Bertz CT molecular complexity index is 872. The summed E-state index contributed by atoms with van der Waals surface area (Å²) in [7, 11) is 0. The lowest BCUT2D eigenvalue weighted by atomic mass is 9.92. The van der Waals surface area contributed by atoms with Gasteiger partial charge in [0.1, 0.15) is 11.9 Å². The van der Waals surface area contributed by atoms with E-state index >= 15 is 0 Å². The third kappa shape index (κ3) is 3.58. The van der Waals surface area contributed by atoms with Crippen LogP contribution in [0.25, 0.3) is 11.4 Å². The molecule has 1 saturated carbocycles. The number of aliphatic hydroxyl groups is 1. The van der Waals surface area contributed by atoms with Gasteiger partial charge in [-0.1, -0.05) is 12.1 Å². The molecule has 0 unspecified atom stereocenters. The van der Waals surface area contributed by atoms with Crippen molar-refractivity contribution in [3.63, 3.8) is 0 Å². The van der Waals surface area contributed by atoms with E-state index in [4.69, 9.17) is 20.5 Å². The Morgan fingerprint density at radius 2 is 2.19 bits per heavy atom. The Labute approximate surface area is 150 Å². The number of esters is 1. The molecule has 0 spiro atoms. The Hall–Kier alpha value is -3.18. The van der Waals surface area contributed by atoms with Gasteiger partial charge in [0.05, 0.1) is 24.3 Å². The molecule has 8 heteroatoms. The van der Waals surface area contributed by atoms with Crippen LogP contribution in [0.5, 0.6) is 5.88 Å². The molecule has 3 rings (SSSR count). The lowest BCUT2D eigenvalue weighted by Crippen LogP contribution is -2.38. The van der Waals surface area contributed by atoms with Crippen LogP contribution in [0.3, 0.4) is 0 Å². The first-order valence-corrected chi connectivity index (χ1v) is 8.21. The van der Waals surface area contributed by atoms with Crippen molar-refractivity contribution < 1.29 is 19.4 Å². The van der Waals surface area contributed by atoms with Crippen LogP contribution in [0.15, 0.2) is 24.3 Å². The largest absolute Gasteiger partial charge is 0.473 e. The number of nitrogens with two attached hydrogens (primary N) is 1. The molecule has 1 aromatic heterocycles. The smallest absolute Gasteiger partial charge is 0.347 e. The van der Waals surface area contributed by atoms with Gasteiger partial charge in [-0.05, 0) is 19.1 Å². The molecule has 2 aromatic rings. The fourth-order valence-electron chi connectivity index (χ4n) is 2.59. The van der Waals surface area contributed by atoms with Crippen LogP contribution < -0.4 is 10.5 Å². The summed E-state index contributed by atoms with van der Waals surface area (Å²) < 4.78 is 10.8. The Kier molecular flexibility index (Phi) is 5.00. The molecule has 134 valence electrons. The van der Waals surface area contributed by atoms with E-state index in [0.29, 0.717) is 24.0 Å². The van der Waals surface area contributed by atoms with Gasteiger partial charge in [-0.15, -0.1) is 0 Å². The van der Waals surface area contributed by atoms with Crippen molar-refractivity contribution in [2.75, 3.05) is 12.3 Å². The van der Waals surface area contributed by atoms with Gasteiger partial charge in [-0.25, -0.2) is 9.78 Å². The number of rotatable bonds is 5. The highest BCUT2D eigenvalue weighted by molar-refractivity contribution is 5.97. The maximum atomic E-state index is 12.2. The van der Waals surface area contributed by atoms with Gasteiger partial charge in [0.2, 0.25) is 5.88 Å². The van der Waals surface area contributed by atoms with E-state index in [0.717, 1.165) is 0 Å². The van der Waals surface area contributed by atoms with Gasteiger partial charge in [-0.2, -0.15) is 10.2 Å². The number of aliphatic hydroxyl groups excluding tert-OH is 1. The van der Waals surface area contributed by atoms with Crippen molar-refractivity contribution in [3.05, 3.63) is 35.4 Å². The first kappa shape index (κ1) is 17.6. The van der Waals surface area contributed by atoms with E-state index in [-0.39, 0.29) is 35.8 Å². The maximum absolute atomic E-state index is 12.2. The summed E-state index contributed by atoms with van der Waals surface area (Å²) in [4.78, 5) is 20.7. The van der Waals surface area contributed by atoms with Crippen LogP contribution in [0.4, 0.5) is 5.82 Å². The zero-order chi connectivity index (χ0) is 18.7. The second-order valence-corrected chi connectivity index (χ2v) is 5.89. The zero-order valence-electron chi connectivity index (χ0n) is 14.2. The average Bonchev–Trinajstić information content (AvgIpc) is 2.60. The molecule has 1 aliphatic carbocycles. The molecular formula is C18H18N4O4. The van der Waals surface area contributed by atoms with E-state index in [1.54, 1.807) is 31.2 Å². The number of carbonyl (C=O) groups is 1. The fraction of sp³-hybridized carbons (Fsp3) is 0.333. The number of anilines is 1. The van der Waals surface area contributed by atoms with Gasteiger partial charge >= 0.3 is 5.97 Å². The van der Waals surface area contributed by atoms with Gasteiger partial charge in [0, 0.05) is 18.4 Å². The van der Waals surface area contributed by atoms with Crippen molar-refractivity contribution in [3.8, 4) is 23.3 Å². The number of hydrogen-bond acceptors (Lipinski definition) is 8. The average molecular weight is 354 g/mol. The molecule has 0 atom stereocenters. The number of aromatic nitrogens is 2. The third-order valence-electron chi connectivity index (χ3n) is 3.98.